The first-order valence-corrected chi connectivity index (χ1v) is 6.08. The number of nitrogens with one attached hydrogen (secondary N) is 3. The minimum Gasteiger partial charge on any atom is -0.352 e. The summed E-state index contributed by atoms with van der Waals surface area (Å²) in [4.78, 5) is 22.4. The van der Waals surface area contributed by atoms with Crippen LogP contribution >= 0.6 is 0 Å². The van der Waals surface area contributed by atoms with Crippen LogP contribution in [0.15, 0.2) is 0 Å². The van der Waals surface area contributed by atoms with Crippen LogP contribution in [0.25, 0.3) is 0 Å². The molecule has 0 aromatic heterocycles. The molecule has 16 heavy (non-hydrogen) atoms. The van der Waals surface area contributed by atoms with Gasteiger partial charge in [-0.1, -0.05) is 12.8 Å². The third-order valence-corrected chi connectivity index (χ3v) is 3.28. The summed E-state index contributed by atoms with van der Waals surface area (Å²) >= 11 is 0. The molecule has 0 aromatic carbocycles. The summed E-state index contributed by atoms with van der Waals surface area (Å²) in [6, 6.07) is 0.355. The molecule has 2 rings (SSSR count). The quantitative estimate of drug-likeness (QED) is 0.655. The predicted molar refractivity (Wildman–Crippen MR) is 60.0 cm³/mol. The molecule has 1 saturated heterocycles. The number of hydrogen-bond acceptors (Lipinski definition) is 2. The minimum atomic E-state index is -0.104. The summed E-state index contributed by atoms with van der Waals surface area (Å²) in [6.45, 7) is 0.532. The second-order valence-corrected chi connectivity index (χ2v) is 4.64. The van der Waals surface area contributed by atoms with Crippen molar-refractivity contribution in [3.05, 3.63) is 0 Å². The Kier molecular flexibility index (Phi) is 3.64. The zero-order chi connectivity index (χ0) is 11.4. The van der Waals surface area contributed by atoms with E-state index in [1.807, 2.05) is 0 Å². The van der Waals surface area contributed by atoms with Crippen LogP contribution in [0.1, 0.15) is 38.5 Å². The maximum absolute atomic E-state index is 11.5. The van der Waals surface area contributed by atoms with Crippen molar-refractivity contribution in [1.29, 1.82) is 0 Å². The number of urea groups is 1. The number of amides is 3. The van der Waals surface area contributed by atoms with Gasteiger partial charge in [0.25, 0.3) is 0 Å². The van der Waals surface area contributed by atoms with E-state index in [-0.39, 0.29) is 18.0 Å². The zero-order valence-corrected chi connectivity index (χ0v) is 9.42. The first-order valence-electron chi connectivity index (χ1n) is 6.08. The molecule has 3 amide bonds. The van der Waals surface area contributed by atoms with Crippen molar-refractivity contribution in [1.82, 2.24) is 16.0 Å². The van der Waals surface area contributed by atoms with Crippen LogP contribution in [0.4, 0.5) is 4.79 Å². The summed E-state index contributed by atoms with van der Waals surface area (Å²) in [5, 5.41) is 8.58. The molecule has 0 bridgehead atoms. The average Bonchev–Trinajstić information content (AvgIpc) is 2.87. The van der Waals surface area contributed by atoms with Crippen LogP contribution in [-0.2, 0) is 4.79 Å². The highest BCUT2D eigenvalue weighted by Crippen LogP contribution is 2.17. The molecule has 3 N–H and O–H groups in total. The van der Waals surface area contributed by atoms with E-state index in [1.54, 1.807) is 0 Å². The Morgan fingerprint density at radius 1 is 1.31 bits per heavy atom. The molecule has 90 valence electrons. The van der Waals surface area contributed by atoms with Gasteiger partial charge in [-0.2, -0.15) is 0 Å². The van der Waals surface area contributed by atoms with E-state index in [4.69, 9.17) is 0 Å². The Balaban J connectivity index is 1.61. The van der Waals surface area contributed by atoms with Gasteiger partial charge in [0.15, 0.2) is 0 Å². The topological polar surface area (TPSA) is 70.2 Å². The van der Waals surface area contributed by atoms with E-state index in [2.05, 4.69) is 16.0 Å². The third-order valence-electron chi connectivity index (χ3n) is 3.28. The van der Waals surface area contributed by atoms with Gasteiger partial charge in [0, 0.05) is 25.0 Å². The average molecular weight is 225 g/mol. The standard InChI is InChI=1S/C11H19N3O2/c15-10-6-5-9(13-10)7-12-11(16)14-8-3-1-2-4-8/h8-9H,1-7H2,(H,13,15)(H2,12,14,16). The molecule has 1 aliphatic carbocycles. The lowest BCUT2D eigenvalue weighted by molar-refractivity contribution is -0.119. The summed E-state index contributed by atoms with van der Waals surface area (Å²) in [5.74, 6) is 0.0861. The first kappa shape index (κ1) is 11.2. The van der Waals surface area contributed by atoms with Gasteiger partial charge >= 0.3 is 6.03 Å². The van der Waals surface area contributed by atoms with Gasteiger partial charge < -0.3 is 16.0 Å². The maximum atomic E-state index is 11.5. The van der Waals surface area contributed by atoms with Crippen molar-refractivity contribution >= 4 is 11.9 Å². The molecular weight excluding hydrogens is 206 g/mol. The molecule has 1 aliphatic heterocycles. The van der Waals surface area contributed by atoms with Gasteiger partial charge in [-0.05, 0) is 19.3 Å². The summed E-state index contributed by atoms with van der Waals surface area (Å²) < 4.78 is 0. The predicted octanol–water partition coefficient (Wildman–Crippen LogP) is 0.507. The van der Waals surface area contributed by atoms with Gasteiger partial charge in [0.05, 0.1) is 0 Å². The van der Waals surface area contributed by atoms with Crippen molar-refractivity contribution in [3.8, 4) is 0 Å². The van der Waals surface area contributed by atoms with Crippen LogP contribution in [0.3, 0.4) is 0 Å². The molecule has 1 unspecified atom stereocenters. The van der Waals surface area contributed by atoms with Crippen molar-refractivity contribution in [2.75, 3.05) is 6.54 Å². The van der Waals surface area contributed by atoms with Crippen LogP contribution < -0.4 is 16.0 Å². The van der Waals surface area contributed by atoms with Crippen molar-refractivity contribution in [2.24, 2.45) is 0 Å². The van der Waals surface area contributed by atoms with Gasteiger partial charge in [-0.15, -0.1) is 0 Å². The second-order valence-electron chi connectivity index (χ2n) is 4.64. The van der Waals surface area contributed by atoms with E-state index >= 15 is 0 Å². The third kappa shape index (κ3) is 3.12. The highest BCUT2D eigenvalue weighted by Gasteiger charge is 2.22. The van der Waals surface area contributed by atoms with Gasteiger partial charge in [-0.3, -0.25) is 4.79 Å². The largest absolute Gasteiger partial charge is 0.352 e. The Hall–Kier alpha value is -1.26. The monoisotopic (exact) mass is 225 g/mol. The highest BCUT2D eigenvalue weighted by molar-refractivity contribution is 5.79. The Morgan fingerprint density at radius 2 is 2.06 bits per heavy atom. The van der Waals surface area contributed by atoms with E-state index < -0.39 is 0 Å². The highest BCUT2D eigenvalue weighted by atomic mass is 16.2. The SMILES string of the molecule is O=C1CCC(CNC(=O)NC2CCCC2)N1. The molecule has 0 spiro atoms. The molecule has 0 aromatic rings. The fraction of sp³-hybridized carbons (Fsp3) is 0.818. The Labute approximate surface area is 95.3 Å². The van der Waals surface area contributed by atoms with Crippen molar-refractivity contribution in [2.45, 2.75) is 50.6 Å². The van der Waals surface area contributed by atoms with Crippen LogP contribution in [0, 0.1) is 0 Å². The number of carbonyl (C=O) groups excluding carboxylic acids is 2. The number of carbonyl (C=O) groups is 2. The Bertz CT molecular complexity index is 274. The number of rotatable bonds is 3. The molecule has 1 atom stereocenters. The van der Waals surface area contributed by atoms with Gasteiger partial charge in [0.2, 0.25) is 5.91 Å². The minimum absolute atomic E-state index is 0.0861. The fourth-order valence-electron chi connectivity index (χ4n) is 2.35. The molecule has 0 radical (unpaired) electrons. The zero-order valence-electron chi connectivity index (χ0n) is 9.42. The molecule has 2 aliphatic rings. The van der Waals surface area contributed by atoms with E-state index in [0.29, 0.717) is 19.0 Å². The van der Waals surface area contributed by atoms with Gasteiger partial charge in [0.1, 0.15) is 0 Å². The molecule has 2 fully saturated rings. The lowest BCUT2D eigenvalue weighted by Gasteiger charge is -2.15. The number of hydrogen-bond donors (Lipinski definition) is 3. The first-order chi connectivity index (χ1) is 7.74. The lowest BCUT2D eigenvalue weighted by Crippen LogP contribution is -2.45. The molecule has 1 saturated carbocycles. The van der Waals surface area contributed by atoms with Crippen LogP contribution in [0.2, 0.25) is 0 Å². The van der Waals surface area contributed by atoms with Crippen molar-refractivity contribution < 1.29 is 9.59 Å². The van der Waals surface area contributed by atoms with Crippen LogP contribution in [0.5, 0.6) is 0 Å². The van der Waals surface area contributed by atoms with Crippen LogP contribution in [-0.4, -0.2) is 30.6 Å². The summed E-state index contributed by atoms with van der Waals surface area (Å²) in [7, 11) is 0. The maximum Gasteiger partial charge on any atom is 0.315 e. The molecule has 1 heterocycles. The van der Waals surface area contributed by atoms with E-state index in [9.17, 15) is 9.59 Å². The molecule has 5 heteroatoms. The van der Waals surface area contributed by atoms with Crippen molar-refractivity contribution in [3.63, 3.8) is 0 Å². The Morgan fingerprint density at radius 3 is 2.69 bits per heavy atom. The smallest absolute Gasteiger partial charge is 0.315 e. The summed E-state index contributed by atoms with van der Waals surface area (Å²) in [5.41, 5.74) is 0. The second kappa shape index (κ2) is 5.18. The fourth-order valence-corrected chi connectivity index (χ4v) is 2.35. The normalized spacial score (nSPS) is 25.5. The summed E-state index contributed by atoms with van der Waals surface area (Å²) in [6.07, 6.45) is 6.01. The molecule has 5 nitrogen and oxygen atoms in total. The lowest BCUT2D eigenvalue weighted by atomic mass is 10.2. The van der Waals surface area contributed by atoms with Gasteiger partial charge in [-0.25, -0.2) is 4.79 Å². The van der Waals surface area contributed by atoms with E-state index in [0.717, 1.165) is 19.3 Å². The molecular formula is C11H19N3O2. The van der Waals surface area contributed by atoms with E-state index in [1.165, 1.54) is 12.8 Å².